The highest BCUT2D eigenvalue weighted by molar-refractivity contribution is 5.80. The molecule has 1 fully saturated rings. The summed E-state index contributed by atoms with van der Waals surface area (Å²) < 4.78 is 20.9. The number of Topliss-reactive ketones (excluding diaryl/α,β-unsaturated/α-hetero) is 1. The number of hydrogen-bond donors (Lipinski definition) is 0. The van der Waals surface area contributed by atoms with Gasteiger partial charge in [0.05, 0.1) is 19.2 Å². The van der Waals surface area contributed by atoms with Crippen LogP contribution in [0.25, 0.3) is 16.9 Å². The average Bonchev–Trinajstić information content (AvgIpc) is 3.30. The molecule has 1 aromatic heterocycles. The smallest absolute Gasteiger partial charge is 0.140 e. The van der Waals surface area contributed by atoms with Gasteiger partial charge in [-0.05, 0) is 104 Å². The van der Waals surface area contributed by atoms with Crippen LogP contribution in [-0.4, -0.2) is 28.7 Å². The summed E-state index contributed by atoms with van der Waals surface area (Å²) in [4.78, 5) is 23.0. The van der Waals surface area contributed by atoms with Gasteiger partial charge >= 0.3 is 0 Å². The molecule has 5 rings (SSSR count). The normalized spacial score (nSPS) is 19.0. The number of methoxy groups -OCH3 is 1. The molecule has 3 aromatic rings. The van der Waals surface area contributed by atoms with E-state index in [9.17, 15) is 9.18 Å². The number of aromatic nitrogens is 2. The number of halogens is 1. The quantitative estimate of drug-likeness (QED) is 0.196. The Hall–Kier alpha value is -3.80. The number of nitrogens with zero attached hydrogens (tertiary/aromatic N) is 3. The molecule has 0 spiro atoms. The fraction of sp³-hybridized carbons (Fsp3) is 0.447. The zero-order chi connectivity index (χ0) is 30.7. The lowest BCUT2D eigenvalue weighted by atomic mass is 9.91. The fourth-order valence-corrected chi connectivity index (χ4v) is 6.48. The molecule has 5 nitrogen and oxygen atoms in total. The number of ketones is 1. The summed E-state index contributed by atoms with van der Waals surface area (Å²) >= 11 is 0. The van der Waals surface area contributed by atoms with E-state index in [0.29, 0.717) is 18.2 Å². The van der Waals surface area contributed by atoms with E-state index in [-0.39, 0.29) is 18.0 Å². The first-order valence-electron chi connectivity index (χ1n) is 16.4. The number of rotatable bonds is 12. The highest BCUT2D eigenvalue weighted by atomic mass is 19.1. The highest BCUT2D eigenvalue weighted by Crippen LogP contribution is 2.33. The van der Waals surface area contributed by atoms with Gasteiger partial charge in [0.2, 0.25) is 0 Å². The van der Waals surface area contributed by atoms with Crippen LogP contribution in [0.2, 0.25) is 0 Å². The number of ether oxygens (including phenoxy) is 1. The van der Waals surface area contributed by atoms with Gasteiger partial charge in [0.25, 0.3) is 0 Å². The van der Waals surface area contributed by atoms with Crippen LogP contribution in [-0.2, 0) is 11.2 Å². The van der Waals surface area contributed by atoms with Crippen LogP contribution in [0.1, 0.15) is 89.8 Å². The number of carbonyl (C=O) groups excluding carboxylic acids is 1. The van der Waals surface area contributed by atoms with Gasteiger partial charge < -0.3 is 9.30 Å². The van der Waals surface area contributed by atoms with Gasteiger partial charge in [-0.1, -0.05) is 51.2 Å². The van der Waals surface area contributed by atoms with Crippen molar-refractivity contribution in [1.29, 1.82) is 0 Å². The van der Waals surface area contributed by atoms with Crippen LogP contribution < -0.4 is 4.74 Å². The van der Waals surface area contributed by atoms with E-state index in [0.717, 1.165) is 60.7 Å². The lowest BCUT2D eigenvalue weighted by Crippen LogP contribution is -2.11. The number of carbonyl (C=O) groups is 1. The molecule has 2 heterocycles. The van der Waals surface area contributed by atoms with Crippen LogP contribution in [0.15, 0.2) is 83.1 Å². The highest BCUT2D eigenvalue weighted by Gasteiger charge is 2.21. The maximum Gasteiger partial charge on any atom is 0.140 e. The summed E-state index contributed by atoms with van der Waals surface area (Å²) in [6, 6.07) is 14.1. The first kappa shape index (κ1) is 31.6. The molecule has 6 heteroatoms. The third-order valence-electron chi connectivity index (χ3n) is 9.23. The Morgan fingerprint density at radius 2 is 1.68 bits per heavy atom. The van der Waals surface area contributed by atoms with Crippen molar-refractivity contribution in [2.75, 3.05) is 7.11 Å². The zero-order valence-electron chi connectivity index (χ0n) is 26.3. The molecule has 1 aliphatic carbocycles. The van der Waals surface area contributed by atoms with Gasteiger partial charge in [-0.15, -0.1) is 0 Å². The Morgan fingerprint density at radius 1 is 0.955 bits per heavy atom. The van der Waals surface area contributed by atoms with Crippen molar-refractivity contribution in [2.24, 2.45) is 16.8 Å². The molecule has 2 aromatic carbocycles. The molecule has 0 bridgehead atoms. The summed E-state index contributed by atoms with van der Waals surface area (Å²) in [5.74, 6) is 2.72. The summed E-state index contributed by atoms with van der Waals surface area (Å²) in [7, 11) is 1.64. The molecular formula is C38H46FN3O2. The fourth-order valence-electron chi connectivity index (χ4n) is 6.48. The molecular weight excluding hydrogens is 549 g/mol. The van der Waals surface area contributed by atoms with Crippen LogP contribution in [0, 0.1) is 17.7 Å². The summed E-state index contributed by atoms with van der Waals surface area (Å²) in [6.45, 7) is 2.20. The molecule has 232 valence electrons. The Labute approximate surface area is 262 Å². The standard InChI is InChI=1S/C38H46FN3O2/c1-3-28-7-4-5-10-33(40-26-28)19-13-29-8-6-9-30(12-11-29)14-22-35(43)25-38-41-37(31-15-23-36(44-2)24-16-31)27-42(38)34-20-17-32(39)18-21-34/h7,10,15-18,20-21,23-24,26-27,29-30H,3-6,8-9,11-14,19,22,25H2,1-2H3. The second-order valence-corrected chi connectivity index (χ2v) is 12.3. The van der Waals surface area contributed by atoms with E-state index in [2.05, 4.69) is 25.3 Å². The summed E-state index contributed by atoms with van der Waals surface area (Å²) in [5.41, 5.74) is 5.11. The van der Waals surface area contributed by atoms with Gasteiger partial charge in [-0.3, -0.25) is 9.79 Å². The molecule has 1 saturated carbocycles. The first-order valence-corrected chi connectivity index (χ1v) is 16.4. The van der Waals surface area contributed by atoms with E-state index in [1.807, 2.05) is 35.0 Å². The third-order valence-corrected chi connectivity index (χ3v) is 9.23. The van der Waals surface area contributed by atoms with Crippen molar-refractivity contribution in [2.45, 2.75) is 90.4 Å². The van der Waals surface area contributed by atoms with Crippen LogP contribution >= 0.6 is 0 Å². The number of aliphatic imine (C=N–C) groups is 1. The summed E-state index contributed by atoms with van der Waals surface area (Å²) in [6.07, 6.45) is 22.1. The average molecular weight is 596 g/mol. The number of allylic oxidation sites excluding steroid dienone is 4. The van der Waals surface area contributed by atoms with Gasteiger partial charge in [0, 0.05) is 35.8 Å². The topological polar surface area (TPSA) is 56.5 Å². The zero-order valence-corrected chi connectivity index (χ0v) is 26.3. The maximum absolute atomic E-state index is 13.7. The van der Waals surface area contributed by atoms with E-state index in [1.54, 1.807) is 19.2 Å². The molecule has 2 aliphatic rings. The minimum absolute atomic E-state index is 0.204. The van der Waals surface area contributed by atoms with Crippen molar-refractivity contribution in [3.63, 3.8) is 0 Å². The number of hydrogen-bond acceptors (Lipinski definition) is 4. The minimum Gasteiger partial charge on any atom is -0.497 e. The predicted molar refractivity (Wildman–Crippen MR) is 177 cm³/mol. The predicted octanol–water partition coefficient (Wildman–Crippen LogP) is 9.64. The van der Waals surface area contributed by atoms with E-state index >= 15 is 0 Å². The van der Waals surface area contributed by atoms with E-state index in [1.165, 1.54) is 61.9 Å². The van der Waals surface area contributed by atoms with Crippen molar-refractivity contribution >= 4 is 12.0 Å². The molecule has 2 unspecified atom stereocenters. The molecule has 0 saturated heterocycles. The van der Waals surface area contributed by atoms with E-state index < -0.39 is 0 Å². The Kier molecular flexibility index (Phi) is 11.3. The molecule has 2 atom stereocenters. The maximum atomic E-state index is 13.7. The third kappa shape index (κ3) is 8.87. The largest absolute Gasteiger partial charge is 0.497 e. The van der Waals surface area contributed by atoms with Crippen LogP contribution in [0.3, 0.4) is 0 Å². The first-order chi connectivity index (χ1) is 21.5. The van der Waals surface area contributed by atoms with Crippen LogP contribution in [0.5, 0.6) is 5.75 Å². The van der Waals surface area contributed by atoms with Crippen LogP contribution in [0.4, 0.5) is 4.39 Å². The Bertz CT molecular complexity index is 1470. The number of imidazole rings is 1. The van der Waals surface area contributed by atoms with Crippen molar-refractivity contribution < 1.29 is 13.9 Å². The van der Waals surface area contributed by atoms with Gasteiger partial charge in [-0.2, -0.15) is 0 Å². The van der Waals surface area contributed by atoms with Gasteiger partial charge in [0.15, 0.2) is 0 Å². The van der Waals surface area contributed by atoms with Crippen molar-refractivity contribution in [1.82, 2.24) is 9.55 Å². The minimum atomic E-state index is -0.291. The molecule has 0 N–H and O–H groups in total. The lowest BCUT2D eigenvalue weighted by Gasteiger charge is -2.16. The Morgan fingerprint density at radius 3 is 2.41 bits per heavy atom. The van der Waals surface area contributed by atoms with Crippen molar-refractivity contribution in [3.05, 3.63) is 89.8 Å². The SMILES string of the molecule is CCC1=CCCC=C(CCC2CCCC(CCC(=O)Cc3nc(-c4ccc(OC)cc4)cn3-c3ccc(F)cc3)CC2)N=C1. The summed E-state index contributed by atoms with van der Waals surface area (Å²) in [5, 5.41) is 0. The molecule has 0 radical (unpaired) electrons. The number of benzene rings is 2. The Balaban J connectivity index is 1.15. The monoisotopic (exact) mass is 595 g/mol. The van der Waals surface area contributed by atoms with E-state index in [4.69, 9.17) is 14.7 Å². The molecule has 0 amide bonds. The van der Waals surface area contributed by atoms with Crippen molar-refractivity contribution in [3.8, 4) is 22.7 Å². The second-order valence-electron chi connectivity index (χ2n) is 12.3. The second kappa shape index (κ2) is 15.8. The lowest BCUT2D eigenvalue weighted by molar-refractivity contribution is -0.118. The van der Waals surface area contributed by atoms with Gasteiger partial charge in [0.1, 0.15) is 23.2 Å². The molecule has 1 aliphatic heterocycles. The molecule has 44 heavy (non-hydrogen) atoms. The van der Waals surface area contributed by atoms with Gasteiger partial charge in [-0.25, -0.2) is 9.37 Å².